The lowest BCUT2D eigenvalue weighted by Crippen LogP contribution is -2.41. The molecule has 1 aromatic rings. The molecule has 0 saturated carbocycles. The number of benzene rings is 1. The SMILES string of the molecule is COC(=O)c1ccc(F)c2c1CCN(CC1CCC(=O)N1)C2. The summed E-state index contributed by atoms with van der Waals surface area (Å²) in [5.41, 5.74) is 1.77. The van der Waals surface area contributed by atoms with E-state index in [2.05, 4.69) is 10.2 Å². The van der Waals surface area contributed by atoms with Gasteiger partial charge in [0.05, 0.1) is 12.7 Å². The van der Waals surface area contributed by atoms with Crippen LogP contribution in [0.3, 0.4) is 0 Å². The van der Waals surface area contributed by atoms with Crippen molar-refractivity contribution in [1.29, 1.82) is 0 Å². The smallest absolute Gasteiger partial charge is 0.338 e. The molecule has 2 aliphatic rings. The Labute approximate surface area is 128 Å². The first-order valence-corrected chi connectivity index (χ1v) is 7.48. The summed E-state index contributed by atoms with van der Waals surface area (Å²) < 4.78 is 18.9. The van der Waals surface area contributed by atoms with E-state index < -0.39 is 5.97 Å². The topological polar surface area (TPSA) is 58.6 Å². The Bertz CT molecular complexity index is 618. The van der Waals surface area contributed by atoms with Gasteiger partial charge in [-0.15, -0.1) is 0 Å². The molecule has 2 aliphatic heterocycles. The maximum atomic E-state index is 14.1. The number of methoxy groups -OCH3 is 1. The summed E-state index contributed by atoms with van der Waals surface area (Å²) in [7, 11) is 1.33. The van der Waals surface area contributed by atoms with Crippen LogP contribution in [0.25, 0.3) is 0 Å². The van der Waals surface area contributed by atoms with Crippen LogP contribution < -0.4 is 5.32 Å². The van der Waals surface area contributed by atoms with E-state index in [-0.39, 0.29) is 17.8 Å². The minimum absolute atomic E-state index is 0.0848. The molecule has 22 heavy (non-hydrogen) atoms. The van der Waals surface area contributed by atoms with Crippen LogP contribution in [-0.2, 0) is 22.5 Å². The van der Waals surface area contributed by atoms with Gasteiger partial charge in [-0.05, 0) is 30.5 Å². The average Bonchev–Trinajstić information content (AvgIpc) is 2.92. The van der Waals surface area contributed by atoms with Gasteiger partial charge in [0.15, 0.2) is 0 Å². The summed E-state index contributed by atoms with van der Waals surface area (Å²) in [5.74, 6) is -0.628. The van der Waals surface area contributed by atoms with Gasteiger partial charge in [-0.1, -0.05) is 0 Å². The van der Waals surface area contributed by atoms with Crippen LogP contribution in [-0.4, -0.2) is 43.0 Å². The summed E-state index contributed by atoms with van der Waals surface area (Å²) in [6, 6.07) is 2.96. The maximum Gasteiger partial charge on any atom is 0.338 e. The molecule has 1 amide bonds. The van der Waals surface area contributed by atoms with E-state index in [1.807, 2.05) is 0 Å². The van der Waals surface area contributed by atoms with Crippen molar-refractivity contribution < 1.29 is 18.7 Å². The van der Waals surface area contributed by atoms with Crippen molar-refractivity contribution in [2.45, 2.75) is 31.8 Å². The van der Waals surface area contributed by atoms with Crippen molar-refractivity contribution in [2.24, 2.45) is 0 Å². The van der Waals surface area contributed by atoms with Gasteiger partial charge in [0.2, 0.25) is 5.91 Å². The highest BCUT2D eigenvalue weighted by Crippen LogP contribution is 2.26. The number of amides is 1. The number of rotatable bonds is 3. The van der Waals surface area contributed by atoms with E-state index in [1.54, 1.807) is 0 Å². The quantitative estimate of drug-likeness (QED) is 0.854. The van der Waals surface area contributed by atoms with E-state index in [4.69, 9.17) is 4.74 Å². The van der Waals surface area contributed by atoms with E-state index in [9.17, 15) is 14.0 Å². The molecule has 118 valence electrons. The monoisotopic (exact) mass is 306 g/mol. The Morgan fingerprint density at radius 2 is 2.23 bits per heavy atom. The molecule has 5 nitrogen and oxygen atoms in total. The zero-order valence-corrected chi connectivity index (χ0v) is 12.5. The highest BCUT2D eigenvalue weighted by Gasteiger charge is 2.28. The summed E-state index contributed by atoms with van der Waals surface area (Å²) in [5, 5.41) is 2.93. The lowest BCUT2D eigenvalue weighted by atomic mass is 9.93. The third-order valence-corrected chi connectivity index (χ3v) is 4.40. The fourth-order valence-electron chi connectivity index (χ4n) is 3.28. The summed E-state index contributed by atoms with van der Waals surface area (Å²) in [4.78, 5) is 25.2. The Hall–Kier alpha value is -1.95. The van der Waals surface area contributed by atoms with Crippen molar-refractivity contribution >= 4 is 11.9 Å². The Morgan fingerprint density at radius 1 is 1.41 bits per heavy atom. The number of esters is 1. The van der Waals surface area contributed by atoms with Gasteiger partial charge in [0.1, 0.15) is 5.82 Å². The van der Waals surface area contributed by atoms with Crippen molar-refractivity contribution in [3.05, 3.63) is 34.6 Å². The van der Waals surface area contributed by atoms with Crippen molar-refractivity contribution in [1.82, 2.24) is 10.2 Å². The molecule has 0 aromatic heterocycles. The van der Waals surface area contributed by atoms with Gasteiger partial charge in [-0.25, -0.2) is 9.18 Å². The van der Waals surface area contributed by atoms with Gasteiger partial charge < -0.3 is 10.1 Å². The number of nitrogens with one attached hydrogen (secondary N) is 1. The van der Waals surface area contributed by atoms with E-state index >= 15 is 0 Å². The van der Waals surface area contributed by atoms with Gasteiger partial charge in [0, 0.05) is 37.7 Å². The molecule has 1 unspecified atom stereocenters. The third-order valence-electron chi connectivity index (χ3n) is 4.40. The molecule has 0 radical (unpaired) electrons. The number of carbonyl (C=O) groups excluding carboxylic acids is 2. The predicted molar refractivity (Wildman–Crippen MR) is 77.9 cm³/mol. The maximum absolute atomic E-state index is 14.1. The highest BCUT2D eigenvalue weighted by molar-refractivity contribution is 5.91. The lowest BCUT2D eigenvalue weighted by molar-refractivity contribution is -0.119. The molecule has 0 spiro atoms. The molecule has 1 saturated heterocycles. The normalized spacial score (nSPS) is 21.4. The Morgan fingerprint density at radius 3 is 2.91 bits per heavy atom. The molecular weight excluding hydrogens is 287 g/mol. The van der Waals surface area contributed by atoms with Crippen LogP contribution in [0.4, 0.5) is 4.39 Å². The lowest BCUT2D eigenvalue weighted by Gasteiger charge is -2.31. The number of ether oxygens (including phenoxy) is 1. The van der Waals surface area contributed by atoms with Crippen LogP contribution in [0.15, 0.2) is 12.1 Å². The number of hydrogen-bond donors (Lipinski definition) is 1. The van der Waals surface area contributed by atoms with Gasteiger partial charge in [-0.3, -0.25) is 9.69 Å². The summed E-state index contributed by atoms with van der Waals surface area (Å²) >= 11 is 0. The zero-order valence-electron chi connectivity index (χ0n) is 12.5. The fraction of sp³-hybridized carbons (Fsp3) is 0.500. The second-order valence-electron chi connectivity index (χ2n) is 5.83. The number of carbonyl (C=O) groups is 2. The van der Waals surface area contributed by atoms with Crippen molar-refractivity contribution in [3.63, 3.8) is 0 Å². The standard InChI is InChI=1S/C16H19FN2O3/c1-22-16(21)12-3-4-14(17)13-9-19(7-6-11(12)13)8-10-2-5-15(20)18-10/h3-4,10H,2,5-9H2,1H3,(H,18,20). The second-order valence-corrected chi connectivity index (χ2v) is 5.83. The Kier molecular flexibility index (Phi) is 4.11. The van der Waals surface area contributed by atoms with Crippen molar-refractivity contribution in [2.75, 3.05) is 20.2 Å². The summed E-state index contributed by atoms with van der Waals surface area (Å²) in [6.45, 7) is 1.91. The molecule has 6 heteroatoms. The van der Waals surface area contributed by atoms with Gasteiger partial charge >= 0.3 is 5.97 Å². The summed E-state index contributed by atoms with van der Waals surface area (Å²) in [6.07, 6.45) is 2.00. The van der Waals surface area contributed by atoms with Crippen LogP contribution in [0.1, 0.15) is 34.3 Å². The van der Waals surface area contributed by atoms with Crippen LogP contribution in [0.2, 0.25) is 0 Å². The average molecular weight is 306 g/mol. The first-order valence-electron chi connectivity index (χ1n) is 7.48. The Balaban J connectivity index is 1.77. The van der Waals surface area contributed by atoms with E-state index in [0.29, 0.717) is 37.1 Å². The van der Waals surface area contributed by atoms with E-state index in [0.717, 1.165) is 18.5 Å². The van der Waals surface area contributed by atoms with Gasteiger partial charge in [-0.2, -0.15) is 0 Å². The molecule has 0 aliphatic carbocycles. The molecule has 1 aromatic carbocycles. The minimum atomic E-state index is -0.423. The molecule has 3 rings (SSSR count). The van der Waals surface area contributed by atoms with Crippen LogP contribution in [0, 0.1) is 5.82 Å². The second kappa shape index (κ2) is 6.04. The number of nitrogens with zero attached hydrogens (tertiary/aromatic N) is 1. The predicted octanol–water partition coefficient (Wildman–Crippen LogP) is 1.25. The van der Waals surface area contributed by atoms with Crippen LogP contribution in [0.5, 0.6) is 0 Å². The minimum Gasteiger partial charge on any atom is -0.465 e. The number of fused-ring (bicyclic) bond motifs is 1. The highest BCUT2D eigenvalue weighted by atomic mass is 19.1. The number of hydrogen-bond acceptors (Lipinski definition) is 4. The first kappa shape index (κ1) is 15.0. The number of halogens is 1. The fourth-order valence-corrected chi connectivity index (χ4v) is 3.28. The molecular formula is C16H19FN2O3. The zero-order chi connectivity index (χ0) is 15.7. The first-order chi connectivity index (χ1) is 10.6. The largest absolute Gasteiger partial charge is 0.465 e. The molecule has 1 N–H and O–H groups in total. The van der Waals surface area contributed by atoms with Gasteiger partial charge in [0.25, 0.3) is 0 Å². The molecule has 2 heterocycles. The third kappa shape index (κ3) is 2.83. The van der Waals surface area contributed by atoms with E-state index in [1.165, 1.54) is 19.2 Å². The molecule has 0 bridgehead atoms. The van der Waals surface area contributed by atoms with Crippen molar-refractivity contribution in [3.8, 4) is 0 Å². The van der Waals surface area contributed by atoms with Crippen LogP contribution >= 0.6 is 0 Å². The molecule has 1 fully saturated rings. The molecule has 1 atom stereocenters.